The molecule has 1 heterocycles. The number of benzene rings is 1. The number of nitrogens with zero attached hydrogens (tertiary/aromatic N) is 3. The standard InChI is InChI=1S/C15H22N4O/c1-4-16-14(10-15-17-11-18-19(15)5-2)12-7-6-8-13(9-12)20-3/h6-9,11,14,16H,4-5,10H2,1-3H3. The third-order valence-electron chi connectivity index (χ3n) is 3.33. The summed E-state index contributed by atoms with van der Waals surface area (Å²) in [6.45, 7) is 5.93. The summed E-state index contributed by atoms with van der Waals surface area (Å²) in [6, 6.07) is 8.37. The molecule has 0 radical (unpaired) electrons. The minimum absolute atomic E-state index is 0.213. The fraction of sp³-hybridized carbons (Fsp3) is 0.467. The van der Waals surface area contributed by atoms with Gasteiger partial charge in [0.1, 0.15) is 17.9 Å². The molecule has 0 fully saturated rings. The van der Waals surface area contributed by atoms with Crippen LogP contribution in [0.2, 0.25) is 0 Å². The molecule has 0 saturated carbocycles. The highest BCUT2D eigenvalue weighted by molar-refractivity contribution is 5.31. The summed E-state index contributed by atoms with van der Waals surface area (Å²) >= 11 is 0. The second kappa shape index (κ2) is 7.05. The maximum absolute atomic E-state index is 5.30. The van der Waals surface area contributed by atoms with Crippen LogP contribution in [0.25, 0.3) is 0 Å². The van der Waals surface area contributed by atoms with Gasteiger partial charge >= 0.3 is 0 Å². The van der Waals surface area contributed by atoms with Crippen LogP contribution in [0, 0.1) is 0 Å². The number of ether oxygens (including phenoxy) is 1. The van der Waals surface area contributed by atoms with Crippen molar-refractivity contribution >= 4 is 0 Å². The molecule has 2 aromatic rings. The maximum Gasteiger partial charge on any atom is 0.138 e. The van der Waals surface area contributed by atoms with E-state index in [1.165, 1.54) is 5.56 Å². The zero-order valence-electron chi connectivity index (χ0n) is 12.3. The molecule has 0 amide bonds. The fourth-order valence-electron chi connectivity index (χ4n) is 2.31. The molecule has 5 nitrogen and oxygen atoms in total. The van der Waals surface area contributed by atoms with Crippen molar-refractivity contribution in [3.63, 3.8) is 0 Å². The van der Waals surface area contributed by atoms with Gasteiger partial charge in [-0.2, -0.15) is 5.10 Å². The van der Waals surface area contributed by atoms with E-state index in [0.717, 1.165) is 31.1 Å². The Morgan fingerprint density at radius 1 is 1.35 bits per heavy atom. The number of hydrogen-bond donors (Lipinski definition) is 1. The van der Waals surface area contributed by atoms with E-state index in [1.807, 2.05) is 16.8 Å². The van der Waals surface area contributed by atoms with Gasteiger partial charge in [0.15, 0.2) is 0 Å². The Hall–Kier alpha value is -1.88. The highest BCUT2D eigenvalue weighted by Gasteiger charge is 2.15. The minimum atomic E-state index is 0.213. The van der Waals surface area contributed by atoms with Gasteiger partial charge < -0.3 is 10.1 Å². The second-order valence-corrected chi connectivity index (χ2v) is 4.58. The number of nitrogens with one attached hydrogen (secondary N) is 1. The van der Waals surface area contributed by atoms with Crippen LogP contribution in [0.15, 0.2) is 30.6 Å². The Balaban J connectivity index is 2.22. The number of rotatable bonds is 7. The number of aromatic nitrogens is 3. The quantitative estimate of drug-likeness (QED) is 0.841. The molecule has 0 aliphatic heterocycles. The predicted molar refractivity (Wildman–Crippen MR) is 78.8 cm³/mol. The SMILES string of the molecule is CCNC(Cc1ncnn1CC)c1cccc(OC)c1. The van der Waals surface area contributed by atoms with E-state index in [4.69, 9.17) is 4.74 Å². The molecule has 0 aliphatic rings. The van der Waals surface area contributed by atoms with Crippen molar-refractivity contribution in [2.75, 3.05) is 13.7 Å². The first kappa shape index (κ1) is 14.5. The third kappa shape index (κ3) is 3.36. The van der Waals surface area contributed by atoms with Crippen LogP contribution >= 0.6 is 0 Å². The molecule has 0 spiro atoms. The van der Waals surface area contributed by atoms with Crippen LogP contribution in [0.4, 0.5) is 0 Å². The number of methoxy groups -OCH3 is 1. The van der Waals surface area contributed by atoms with Gasteiger partial charge in [-0.25, -0.2) is 4.98 Å². The van der Waals surface area contributed by atoms with Crippen LogP contribution in [0.5, 0.6) is 5.75 Å². The summed E-state index contributed by atoms with van der Waals surface area (Å²) in [5.41, 5.74) is 1.21. The molecule has 1 atom stereocenters. The van der Waals surface area contributed by atoms with Crippen LogP contribution < -0.4 is 10.1 Å². The van der Waals surface area contributed by atoms with Crippen LogP contribution in [0.1, 0.15) is 31.3 Å². The van der Waals surface area contributed by atoms with Gasteiger partial charge in [0, 0.05) is 19.0 Å². The first-order valence-electron chi connectivity index (χ1n) is 7.02. The van der Waals surface area contributed by atoms with Crippen molar-refractivity contribution in [2.45, 2.75) is 32.9 Å². The summed E-state index contributed by atoms with van der Waals surface area (Å²) < 4.78 is 7.24. The van der Waals surface area contributed by atoms with E-state index in [-0.39, 0.29) is 6.04 Å². The van der Waals surface area contributed by atoms with Crippen molar-refractivity contribution in [3.8, 4) is 5.75 Å². The Bertz CT molecular complexity index is 538. The van der Waals surface area contributed by atoms with E-state index >= 15 is 0 Å². The van der Waals surface area contributed by atoms with Crippen molar-refractivity contribution in [1.29, 1.82) is 0 Å². The highest BCUT2D eigenvalue weighted by atomic mass is 16.5. The van der Waals surface area contributed by atoms with Gasteiger partial charge in [-0.3, -0.25) is 4.68 Å². The second-order valence-electron chi connectivity index (χ2n) is 4.58. The highest BCUT2D eigenvalue weighted by Crippen LogP contribution is 2.21. The average molecular weight is 274 g/mol. The maximum atomic E-state index is 5.30. The monoisotopic (exact) mass is 274 g/mol. The van der Waals surface area contributed by atoms with Crippen molar-refractivity contribution in [1.82, 2.24) is 20.1 Å². The lowest BCUT2D eigenvalue weighted by Crippen LogP contribution is -2.24. The summed E-state index contributed by atoms with van der Waals surface area (Å²) in [4.78, 5) is 4.36. The van der Waals surface area contributed by atoms with E-state index in [9.17, 15) is 0 Å². The summed E-state index contributed by atoms with van der Waals surface area (Å²) in [7, 11) is 1.69. The van der Waals surface area contributed by atoms with Crippen LogP contribution in [-0.4, -0.2) is 28.4 Å². The molecule has 1 N–H and O–H groups in total. The molecule has 1 aromatic heterocycles. The van der Waals surface area contributed by atoms with Gasteiger partial charge in [0.05, 0.1) is 7.11 Å². The zero-order valence-corrected chi connectivity index (χ0v) is 12.3. The zero-order chi connectivity index (χ0) is 14.4. The largest absolute Gasteiger partial charge is 0.497 e. The third-order valence-corrected chi connectivity index (χ3v) is 3.33. The van der Waals surface area contributed by atoms with Crippen LogP contribution in [-0.2, 0) is 13.0 Å². The molecule has 0 saturated heterocycles. The summed E-state index contributed by atoms with van der Waals surface area (Å²) in [5.74, 6) is 1.88. The van der Waals surface area contributed by atoms with Crippen molar-refractivity contribution < 1.29 is 4.74 Å². The number of likely N-dealkylation sites (N-methyl/N-ethyl adjacent to an activating group) is 1. The molecule has 1 aromatic carbocycles. The lowest BCUT2D eigenvalue weighted by molar-refractivity contribution is 0.412. The molecular weight excluding hydrogens is 252 g/mol. The molecule has 20 heavy (non-hydrogen) atoms. The smallest absolute Gasteiger partial charge is 0.138 e. The Kier molecular flexibility index (Phi) is 5.12. The van der Waals surface area contributed by atoms with Gasteiger partial charge in [0.2, 0.25) is 0 Å². The summed E-state index contributed by atoms with van der Waals surface area (Å²) in [6.07, 6.45) is 2.43. The Morgan fingerprint density at radius 3 is 2.90 bits per heavy atom. The summed E-state index contributed by atoms with van der Waals surface area (Å²) in [5, 5.41) is 7.73. The number of aryl methyl sites for hydroxylation is 1. The van der Waals surface area contributed by atoms with E-state index in [0.29, 0.717) is 0 Å². The van der Waals surface area contributed by atoms with Crippen LogP contribution in [0.3, 0.4) is 0 Å². The Labute approximate surface area is 120 Å². The number of hydrogen-bond acceptors (Lipinski definition) is 4. The van der Waals surface area contributed by atoms with E-state index in [2.05, 4.69) is 41.4 Å². The average Bonchev–Trinajstić information content (AvgIpc) is 2.94. The Morgan fingerprint density at radius 2 is 2.20 bits per heavy atom. The lowest BCUT2D eigenvalue weighted by atomic mass is 10.0. The molecule has 0 aliphatic carbocycles. The fourth-order valence-corrected chi connectivity index (χ4v) is 2.31. The molecule has 1 unspecified atom stereocenters. The normalized spacial score (nSPS) is 12.3. The van der Waals surface area contributed by atoms with Gasteiger partial charge in [-0.15, -0.1) is 0 Å². The molecule has 2 rings (SSSR count). The van der Waals surface area contributed by atoms with E-state index < -0.39 is 0 Å². The van der Waals surface area contributed by atoms with Gasteiger partial charge in [-0.05, 0) is 31.2 Å². The molecule has 108 valence electrons. The van der Waals surface area contributed by atoms with Crippen molar-refractivity contribution in [3.05, 3.63) is 42.0 Å². The first-order chi connectivity index (χ1) is 9.78. The minimum Gasteiger partial charge on any atom is -0.497 e. The molecule has 0 bridgehead atoms. The topological polar surface area (TPSA) is 52.0 Å². The first-order valence-corrected chi connectivity index (χ1v) is 7.02. The van der Waals surface area contributed by atoms with Gasteiger partial charge in [0.25, 0.3) is 0 Å². The predicted octanol–water partition coefficient (Wildman–Crippen LogP) is 2.20. The van der Waals surface area contributed by atoms with Crippen molar-refractivity contribution in [2.24, 2.45) is 0 Å². The molecular formula is C15H22N4O. The molecule has 5 heteroatoms. The van der Waals surface area contributed by atoms with E-state index in [1.54, 1.807) is 13.4 Å². The van der Waals surface area contributed by atoms with Gasteiger partial charge in [-0.1, -0.05) is 19.1 Å². The lowest BCUT2D eigenvalue weighted by Gasteiger charge is -2.18.